The highest BCUT2D eigenvalue weighted by molar-refractivity contribution is 7.13. The van der Waals surface area contributed by atoms with E-state index in [9.17, 15) is 4.79 Å². The molecule has 1 fully saturated rings. The Morgan fingerprint density at radius 3 is 2.67 bits per heavy atom. The van der Waals surface area contributed by atoms with Gasteiger partial charge in [0.25, 0.3) is 0 Å². The fourth-order valence-corrected chi connectivity index (χ4v) is 2.38. The molecule has 122 valence electrons. The van der Waals surface area contributed by atoms with Crippen LogP contribution in [0, 0.1) is 0 Å². The van der Waals surface area contributed by atoms with Crippen LogP contribution in [0.1, 0.15) is 19.5 Å². The van der Waals surface area contributed by atoms with Crippen LogP contribution >= 0.6 is 36.2 Å². The van der Waals surface area contributed by atoms with Crippen molar-refractivity contribution in [1.29, 1.82) is 0 Å². The van der Waals surface area contributed by atoms with E-state index in [1.54, 1.807) is 13.8 Å². The predicted molar refractivity (Wildman–Crippen MR) is 89.6 cm³/mol. The molecule has 3 N–H and O–H groups in total. The number of aromatic nitrogens is 1. The molecule has 1 aromatic heterocycles. The molecule has 0 bridgehead atoms. The highest BCUT2D eigenvalue weighted by atomic mass is 35.5. The number of morpholine rings is 1. The van der Waals surface area contributed by atoms with Crippen molar-refractivity contribution in [2.24, 2.45) is 5.73 Å². The van der Waals surface area contributed by atoms with Crippen molar-refractivity contribution < 1.29 is 9.53 Å². The van der Waals surface area contributed by atoms with Gasteiger partial charge in [-0.15, -0.1) is 36.2 Å². The van der Waals surface area contributed by atoms with Crippen molar-refractivity contribution in [3.63, 3.8) is 0 Å². The van der Waals surface area contributed by atoms with Gasteiger partial charge in [-0.2, -0.15) is 0 Å². The van der Waals surface area contributed by atoms with Crippen LogP contribution in [0.2, 0.25) is 0 Å². The molecular weight excluding hydrogens is 335 g/mol. The van der Waals surface area contributed by atoms with E-state index in [2.05, 4.69) is 15.2 Å². The average Bonchev–Trinajstić information content (AvgIpc) is 2.76. The molecule has 0 unspecified atom stereocenters. The third-order valence-electron chi connectivity index (χ3n) is 2.85. The number of hydrogen-bond acceptors (Lipinski definition) is 6. The van der Waals surface area contributed by atoms with Gasteiger partial charge in [-0.3, -0.25) is 9.69 Å². The quantitative estimate of drug-likeness (QED) is 0.854. The first-order valence-electron chi connectivity index (χ1n) is 6.30. The summed E-state index contributed by atoms with van der Waals surface area (Å²) >= 11 is 1.43. The van der Waals surface area contributed by atoms with E-state index >= 15 is 0 Å². The topological polar surface area (TPSA) is 80.5 Å². The van der Waals surface area contributed by atoms with Crippen LogP contribution in [0.15, 0.2) is 5.38 Å². The van der Waals surface area contributed by atoms with Gasteiger partial charge < -0.3 is 15.8 Å². The molecule has 1 aromatic rings. The number of ether oxygens (including phenoxy) is 1. The van der Waals surface area contributed by atoms with Crippen LogP contribution in [-0.4, -0.2) is 47.6 Å². The minimum absolute atomic E-state index is 0. The number of anilines is 1. The van der Waals surface area contributed by atoms with E-state index in [0.717, 1.165) is 38.5 Å². The van der Waals surface area contributed by atoms with Gasteiger partial charge in [-0.25, -0.2) is 4.98 Å². The molecule has 0 spiro atoms. The van der Waals surface area contributed by atoms with E-state index in [1.165, 1.54) is 11.3 Å². The highest BCUT2D eigenvalue weighted by Gasteiger charge is 2.23. The summed E-state index contributed by atoms with van der Waals surface area (Å²) < 4.78 is 5.30. The second-order valence-corrected chi connectivity index (χ2v) is 6.07. The Bertz CT molecular complexity index is 445. The van der Waals surface area contributed by atoms with Crippen molar-refractivity contribution in [1.82, 2.24) is 9.88 Å². The molecule has 1 amide bonds. The van der Waals surface area contributed by atoms with Crippen molar-refractivity contribution in [2.45, 2.75) is 25.9 Å². The molecule has 2 rings (SSSR count). The smallest absolute Gasteiger partial charge is 0.245 e. The summed E-state index contributed by atoms with van der Waals surface area (Å²) in [4.78, 5) is 18.4. The molecule has 0 radical (unpaired) electrons. The number of carbonyl (C=O) groups excluding carboxylic acids is 1. The predicted octanol–water partition coefficient (Wildman–Crippen LogP) is 1.49. The number of rotatable bonds is 4. The molecular formula is C12H22Cl2N4O2S. The summed E-state index contributed by atoms with van der Waals surface area (Å²) in [6.45, 7) is 7.53. The zero-order valence-corrected chi connectivity index (χ0v) is 14.6. The third kappa shape index (κ3) is 6.46. The number of carbonyl (C=O) groups is 1. The second-order valence-electron chi connectivity index (χ2n) is 5.21. The minimum atomic E-state index is -0.893. The first-order chi connectivity index (χ1) is 8.95. The summed E-state index contributed by atoms with van der Waals surface area (Å²) in [5.41, 5.74) is 5.80. The van der Waals surface area contributed by atoms with Gasteiger partial charge >= 0.3 is 0 Å². The fraction of sp³-hybridized carbons (Fsp3) is 0.667. The van der Waals surface area contributed by atoms with E-state index in [4.69, 9.17) is 10.5 Å². The Labute approximate surface area is 141 Å². The summed E-state index contributed by atoms with van der Waals surface area (Å²) in [5.74, 6) is -0.222. The number of amides is 1. The number of nitrogens with two attached hydrogens (primary N) is 1. The number of halogens is 2. The minimum Gasteiger partial charge on any atom is -0.379 e. The first kappa shape index (κ1) is 20.6. The number of nitrogens with zero attached hydrogens (tertiary/aromatic N) is 2. The van der Waals surface area contributed by atoms with Gasteiger partial charge in [0, 0.05) is 25.0 Å². The average molecular weight is 357 g/mol. The Kier molecular flexibility index (Phi) is 8.69. The van der Waals surface area contributed by atoms with Crippen LogP contribution in [-0.2, 0) is 16.1 Å². The van der Waals surface area contributed by atoms with Gasteiger partial charge in [-0.05, 0) is 13.8 Å². The molecule has 0 atom stereocenters. The van der Waals surface area contributed by atoms with E-state index < -0.39 is 5.54 Å². The molecule has 1 aliphatic heterocycles. The molecule has 1 aliphatic rings. The number of thiazole rings is 1. The lowest BCUT2D eigenvalue weighted by Gasteiger charge is -2.25. The molecule has 9 heteroatoms. The van der Waals surface area contributed by atoms with Crippen molar-refractivity contribution in [2.75, 3.05) is 31.6 Å². The Balaban J connectivity index is 0.00000200. The lowest BCUT2D eigenvalue weighted by atomic mass is 10.1. The lowest BCUT2D eigenvalue weighted by molar-refractivity contribution is -0.120. The van der Waals surface area contributed by atoms with Gasteiger partial charge in [0.15, 0.2) is 5.13 Å². The summed E-state index contributed by atoms with van der Waals surface area (Å²) in [7, 11) is 0. The molecule has 6 nitrogen and oxygen atoms in total. The zero-order valence-electron chi connectivity index (χ0n) is 12.1. The van der Waals surface area contributed by atoms with Crippen LogP contribution in [0.4, 0.5) is 5.13 Å². The Morgan fingerprint density at radius 1 is 1.48 bits per heavy atom. The SMILES string of the molecule is CC(C)(N)C(=O)Nc1nc(CN2CCOCC2)cs1.Cl.Cl. The summed E-state index contributed by atoms with van der Waals surface area (Å²) in [6.07, 6.45) is 0. The lowest BCUT2D eigenvalue weighted by Crippen LogP contribution is -2.45. The maximum atomic E-state index is 11.7. The maximum absolute atomic E-state index is 11.7. The van der Waals surface area contributed by atoms with Crippen molar-refractivity contribution in [3.8, 4) is 0 Å². The van der Waals surface area contributed by atoms with Gasteiger partial charge in [0.05, 0.1) is 24.4 Å². The monoisotopic (exact) mass is 356 g/mol. The van der Waals surface area contributed by atoms with Crippen LogP contribution in [0.5, 0.6) is 0 Å². The standard InChI is InChI=1S/C12H20N4O2S.2ClH/c1-12(2,13)10(17)15-11-14-9(8-19-11)7-16-3-5-18-6-4-16;;/h8H,3-7,13H2,1-2H3,(H,14,15,17);2*1H. The van der Waals surface area contributed by atoms with E-state index in [1.807, 2.05) is 5.38 Å². The largest absolute Gasteiger partial charge is 0.379 e. The fourth-order valence-electron chi connectivity index (χ4n) is 1.68. The van der Waals surface area contributed by atoms with Crippen LogP contribution in [0.3, 0.4) is 0 Å². The molecule has 1 saturated heterocycles. The first-order valence-corrected chi connectivity index (χ1v) is 7.18. The van der Waals surface area contributed by atoms with Gasteiger partial charge in [0.1, 0.15) is 0 Å². The molecule has 0 saturated carbocycles. The van der Waals surface area contributed by atoms with Crippen molar-refractivity contribution >= 4 is 47.2 Å². The highest BCUT2D eigenvalue weighted by Crippen LogP contribution is 2.18. The van der Waals surface area contributed by atoms with Gasteiger partial charge in [0.2, 0.25) is 5.91 Å². The second kappa shape index (κ2) is 8.87. The number of hydrogen-bond donors (Lipinski definition) is 2. The summed E-state index contributed by atoms with van der Waals surface area (Å²) in [6, 6.07) is 0. The van der Waals surface area contributed by atoms with Crippen LogP contribution < -0.4 is 11.1 Å². The summed E-state index contributed by atoms with van der Waals surface area (Å²) in [5, 5.41) is 5.31. The molecule has 0 aromatic carbocycles. The maximum Gasteiger partial charge on any atom is 0.245 e. The normalized spacial score (nSPS) is 15.8. The Hall–Kier alpha value is -0.440. The van der Waals surface area contributed by atoms with Gasteiger partial charge in [-0.1, -0.05) is 0 Å². The zero-order chi connectivity index (χ0) is 13.9. The third-order valence-corrected chi connectivity index (χ3v) is 3.65. The number of nitrogens with one attached hydrogen (secondary N) is 1. The van der Waals surface area contributed by atoms with Crippen molar-refractivity contribution in [3.05, 3.63) is 11.1 Å². The van der Waals surface area contributed by atoms with E-state index in [-0.39, 0.29) is 30.7 Å². The molecule has 21 heavy (non-hydrogen) atoms. The van der Waals surface area contributed by atoms with Crippen LogP contribution in [0.25, 0.3) is 0 Å². The van der Waals surface area contributed by atoms with E-state index in [0.29, 0.717) is 5.13 Å². The molecule has 2 heterocycles. The molecule has 0 aliphatic carbocycles. The Morgan fingerprint density at radius 2 is 2.10 bits per heavy atom.